The maximum atomic E-state index is 12.4. The van der Waals surface area contributed by atoms with Gasteiger partial charge in [-0.1, -0.05) is 35.3 Å². The third-order valence-electron chi connectivity index (χ3n) is 3.39. The van der Waals surface area contributed by atoms with Crippen molar-refractivity contribution in [1.29, 1.82) is 0 Å². The number of hydrogen-bond donors (Lipinski definition) is 1. The van der Waals surface area contributed by atoms with Crippen LogP contribution in [0.25, 0.3) is 0 Å². The molecule has 22 heavy (non-hydrogen) atoms. The minimum atomic E-state index is -0.243. The van der Waals surface area contributed by atoms with Gasteiger partial charge in [0.25, 0.3) is 5.91 Å². The Balaban J connectivity index is 1.79. The smallest absolute Gasteiger partial charge is 0.251 e. The fraction of sp³-hybridized carbons (Fsp3) is 0.188. The van der Waals surface area contributed by atoms with Crippen LogP contribution >= 0.6 is 23.2 Å². The van der Waals surface area contributed by atoms with E-state index in [1.807, 2.05) is 25.1 Å². The summed E-state index contributed by atoms with van der Waals surface area (Å²) in [6.07, 6.45) is 0. The molecule has 0 fully saturated rings. The highest BCUT2D eigenvalue weighted by Gasteiger charge is 2.21. The maximum absolute atomic E-state index is 12.4. The Bertz CT molecular complexity index is 733. The number of ether oxygens (including phenoxy) is 2. The van der Waals surface area contributed by atoms with E-state index in [4.69, 9.17) is 32.7 Å². The molecular formula is C16H13Cl2NO3. The van der Waals surface area contributed by atoms with Crippen LogP contribution < -0.4 is 14.8 Å². The molecule has 0 unspecified atom stereocenters. The van der Waals surface area contributed by atoms with Crippen molar-refractivity contribution >= 4 is 29.1 Å². The van der Waals surface area contributed by atoms with E-state index < -0.39 is 0 Å². The summed E-state index contributed by atoms with van der Waals surface area (Å²) in [7, 11) is 0. The minimum absolute atomic E-state index is 0.110. The molecule has 3 rings (SSSR count). The normalized spacial score (nSPS) is 13.8. The Morgan fingerprint density at radius 2 is 2.05 bits per heavy atom. The molecule has 1 amide bonds. The summed E-state index contributed by atoms with van der Waals surface area (Å²) >= 11 is 12.1. The molecule has 0 aromatic heterocycles. The van der Waals surface area contributed by atoms with Crippen LogP contribution in [0.15, 0.2) is 36.4 Å². The largest absolute Gasteiger partial charge is 0.454 e. The SMILES string of the molecule is C[C@H](NC(=O)c1cc(Cl)c2c(c1)OCO2)c1cccc(Cl)c1. The predicted octanol–water partition coefficient (Wildman–Crippen LogP) is 4.21. The Kier molecular flexibility index (Phi) is 4.14. The Morgan fingerprint density at radius 3 is 2.82 bits per heavy atom. The molecule has 114 valence electrons. The van der Waals surface area contributed by atoms with Crippen LogP contribution in [-0.2, 0) is 0 Å². The van der Waals surface area contributed by atoms with Gasteiger partial charge in [0.2, 0.25) is 6.79 Å². The lowest BCUT2D eigenvalue weighted by molar-refractivity contribution is 0.0939. The molecule has 2 aromatic rings. The molecule has 1 heterocycles. The summed E-state index contributed by atoms with van der Waals surface area (Å²) in [6, 6.07) is 10.4. The average molecular weight is 338 g/mol. The lowest BCUT2D eigenvalue weighted by Gasteiger charge is -2.15. The van der Waals surface area contributed by atoms with Crippen LogP contribution in [0.4, 0.5) is 0 Å². The van der Waals surface area contributed by atoms with Crippen LogP contribution in [0.2, 0.25) is 10.0 Å². The van der Waals surface area contributed by atoms with Crippen molar-refractivity contribution in [3.63, 3.8) is 0 Å². The highest BCUT2D eigenvalue weighted by atomic mass is 35.5. The first-order valence-corrected chi connectivity index (χ1v) is 7.45. The van der Waals surface area contributed by atoms with Gasteiger partial charge in [0.1, 0.15) is 0 Å². The molecule has 1 atom stereocenters. The molecule has 0 aliphatic carbocycles. The second-order valence-corrected chi connectivity index (χ2v) is 5.79. The zero-order valence-electron chi connectivity index (χ0n) is 11.7. The average Bonchev–Trinajstić information content (AvgIpc) is 2.96. The zero-order chi connectivity index (χ0) is 15.7. The van der Waals surface area contributed by atoms with E-state index in [2.05, 4.69) is 5.32 Å². The highest BCUT2D eigenvalue weighted by molar-refractivity contribution is 6.32. The van der Waals surface area contributed by atoms with Crippen molar-refractivity contribution in [2.24, 2.45) is 0 Å². The number of carbonyl (C=O) groups excluding carboxylic acids is 1. The zero-order valence-corrected chi connectivity index (χ0v) is 13.2. The first-order chi connectivity index (χ1) is 10.5. The van der Waals surface area contributed by atoms with Crippen LogP contribution in [0.5, 0.6) is 11.5 Å². The van der Waals surface area contributed by atoms with Gasteiger partial charge in [0.05, 0.1) is 11.1 Å². The summed E-state index contributed by atoms with van der Waals surface area (Å²) in [5, 5.41) is 3.89. The van der Waals surface area contributed by atoms with Gasteiger partial charge in [-0.25, -0.2) is 0 Å². The Labute approximate surface area is 137 Å². The van der Waals surface area contributed by atoms with Crippen LogP contribution in [0.3, 0.4) is 0 Å². The molecule has 4 nitrogen and oxygen atoms in total. The lowest BCUT2D eigenvalue weighted by atomic mass is 10.1. The van der Waals surface area contributed by atoms with Crippen molar-refractivity contribution in [2.45, 2.75) is 13.0 Å². The number of rotatable bonds is 3. The van der Waals surface area contributed by atoms with Crippen molar-refractivity contribution in [3.8, 4) is 11.5 Å². The molecule has 0 saturated heterocycles. The van der Waals surface area contributed by atoms with E-state index in [0.717, 1.165) is 5.56 Å². The molecular weight excluding hydrogens is 325 g/mol. The second kappa shape index (κ2) is 6.07. The summed E-state index contributed by atoms with van der Waals surface area (Å²) in [5.74, 6) is 0.710. The van der Waals surface area contributed by atoms with Gasteiger partial charge in [-0.2, -0.15) is 0 Å². The van der Waals surface area contributed by atoms with Gasteiger partial charge in [0.15, 0.2) is 11.5 Å². The van der Waals surface area contributed by atoms with Crippen LogP contribution in [0.1, 0.15) is 28.9 Å². The molecule has 0 spiro atoms. The monoisotopic (exact) mass is 337 g/mol. The molecule has 0 saturated carbocycles. The quantitative estimate of drug-likeness (QED) is 0.912. The van der Waals surface area contributed by atoms with Gasteiger partial charge in [0, 0.05) is 10.6 Å². The Hall–Kier alpha value is -1.91. The fourth-order valence-electron chi connectivity index (χ4n) is 2.24. The third kappa shape index (κ3) is 2.98. The standard InChI is InChI=1S/C16H13Cl2NO3/c1-9(10-3-2-4-12(17)5-10)19-16(20)11-6-13(18)15-14(7-11)21-8-22-15/h2-7,9H,8H2,1H3,(H,19,20)/t9-/m0/s1. The van der Waals surface area contributed by atoms with Crippen molar-refractivity contribution < 1.29 is 14.3 Å². The number of nitrogens with one attached hydrogen (secondary N) is 1. The number of hydrogen-bond acceptors (Lipinski definition) is 3. The van der Waals surface area contributed by atoms with E-state index in [0.29, 0.717) is 27.1 Å². The van der Waals surface area contributed by atoms with Crippen LogP contribution in [-0.4, -0.2) is 12.7 Å². The molecule has 0 bridgehead atoms. The van der Waals surface area contributed by atoms with Gasteiger partial charge in [-0.3, -0.25) is 4.79 Å². The van der Waals surface area contributed by atoms with Gasteiger partial charge < -0.3 is 14.8 Å². The van der Waals surface area contributed by atoms with Crippen molar-refractivity contribution in [2.75, 3.05) is 6.79 Å². The summed E-state index contributed by atoms with van der Waals surface area (Å²) in [4.78, 5) is 12.4. The number of halogens is 2. The topological polar surface area (TPSA) is 47.6 Å². The van der Waals surface area contributed by atoms with Crippen molar-refractivity contribution in [3.05, 3.63) is 57.6 Å². The van der Waals surface area contributed by atoms with E-state index in [-0.39, 0.29) is 18.7 Å². The maximum Gasteiger partial charge on any atom is 0.251 e. The summed E-state index contributed by atoms with van der Waals surface area (Å²) in [5.41, 5.74) is 1.34. The van der Waals surface area contributed by atoms with E-state index in [1.165, 1.54) is 0 Å². The second-order valence-electron chi connectivity index (χ2n) is 4.94. The first kappa shape index (κ1) is 15.0. The number of amides is 1. The fourth-order valence-corrected chi connectivity index (χ4v) is 2.70. The van der Waals surface area contributed by atoms with Gasteiger partial charge in [-0.15, -0.1) is 0 Å². The van der Waals surface area contributed by atoms with Gasteiger partial charge >= 0.3 is 0 Å². The summed E-state index contributed by atoms with van der Waals surface area (Å²) < 4.78 is 10.5. The molecule has 1 aliphatic heterocycles. The number of benzene rings is 2. The van der Waals surface area contributed by atoms with Crippen LogP contribution in [0, 0.1) is 0 Å². The van der Waals surface area contributed by atoms with Crippen molar-refractivity contribution in [1.82, 2.24) is 5.32 Å². The number of fused-ring (bicyclic) bond motifs is 1. The lowest BCUT2D eigenvalue weighted by Crippen LogP contribution is -2.26. The molecule has 2 aromatic carbocycles. The molecule has 0 radical (unpaired) electrons. The van der Waals surface area contributed by atoms with E-state index in [1.54, 1.807) is 18.2 Å². The molecule has 1 N–H and O–H groups in total. The highest BCUT2D eigenvalue weighted by Crippen LogP contribution is 2.39. The summed E-state index contributed by atoms with van der Waals surface area (Å²) in [6.45, 7) is 2.00. The molecule has 1 aliphatic rings. The van der Waals surface area contributed by atoms with Gasteiger partial charge in [-0.05, 0) is 36.8 Å². The molecule has 6 heteroatoms. The van der Waals surface area contributed by atoms with E-state index >= 15 is 0 Å². The minimum Gasteiger partial charge on any atom is -0.454 e. The first-order valence-electron chi connectivity index (χ1n) is 6.70. The predicted molar refractivity (Wildman–Crippen MR) is 84.9 cm³/mol. The Morgan fingerprint density at radius 1 is 1.23 bits per heavy atom. The van der Waals surface area contributed by atoms with E-state index in [9.17, 15) is 4.79 Å². The number of carbonyl (C=O) groups is 1. The third-order valence-corrected chi connectivity index (χ3v) is 3.90.